The van der Waals surface area contributed by atoms with Gasteiger partial charge in [0.25, 0.3) is 0 Å². The van der Waals surface area contributed by atoms with E-state index in [1.807, 2.05) is 13.8 Å². The molecule has 78 valence electrons. The topological polar surface area (TPSA) is 60.4 Å². The van der Waals surface area contributed by atoms with E-state index in [-0.39, 0.29) is 44.8 Å². The van der Waals surface area contributed by atoms with Crippen LogP contribution in [0.2, 0.25) is 0 Å². The van der Waals surface area contributed by atoms with E-state index >= 15 is 0 Å². The van der Waals surface area contributed by atoms with Gasteiger partial charge in [0.05, 0.1) is 17.4 Å². The summed E-state index contributed by atoms with van der Waals surface area (Å²) in [5.41, 5.74) is 0. The van der Waals surface area contributed by atoms with E-state index in [0.29, 0.717) is 0 Å². The summed E-state index contributed by atoms with van der Waals surface area (Å²) >= 11 is 3.60. The number of carbonyl (C=O) groups is 2. The predicted molar refractivity (Wildman–Crippen MR) is 58.9 cm³/mol. The molecule has 0 spiro atoms. The maximum Gasteiger partial charge on any atom is 1.00 e. The minimum absolute atomic E-state index is 0. The van der Waals surface area contributed by atoms with Gasteiger partial charge in [-0.2, -0.15) is 0 Å². The summed E-state index contributed by atoms with van der Waals surface area (Å²) < 4.78 is -0.528. The van der Waals surface area contributed by atoms with E-state index in [2.05, 4.69) is 22.6 Å². The standard InChI is InChI=1S/C8H10INO3S.Na/c1-8(2)4(7(12)13)10-5(11)3(9)6(10)14-8;/h3-4,6H,1-2H3,(H,12,13);/q;+1/p-1/t3-,4+,6-;/m1./s1. The van der Waals surface area contributed by atoms with Crippen molar-refractivity contribution in [2.24, 2.45) is 0 Å². The van der Waals surface area contributed by atoms with Gasteiger partial charge in [-0.1, -0.05) is 22.6 Å². The molecule has 2 rings (SSSR count). The Bertz CT molecular complexity index is 325. The molecule has 0 aromatic carbocycles. The van der Waals surface area contributed by atoms with Crippen LogP contribution in [0, 0.1) is 0 Å². The maximum atomic E-state index is 11.5. The van der Waals surface area contributed by atoms with Crippen molar-refractivity contribution >= 4 is 46.2 Å². The van der Waals surface area contributed by atoms with Crippen LogP contribution in [0.5, 0.6) is 0 Å². The molecular weight excluding hydrogens is 340 g/mol. The molecule has 2 heterocycles. The van der Waals surface area contributed by atoms with Gasteiger partial charge in [-0.3, -0.25) is 4.79 Å². The number of fused-ring (bicyclic) bond motifs is 1. The average molecular weight is 349 g/mol. The van der Waals surface area contributed by atoms with E-state index in [0.717, 1.165) is 0 Å². The van der Waals surface area contributed by atoms with E-state index < -0.39 is 16.8 Å². The normalized spacial score (nSPS) is 36.6. The second kappa shape index (κ2) is 4.36. The van der Waals surface area contributed by atoms with E-state index in [1.54, 1.807) is 11.8 Å². The molecule has 15 heavy (non-hydrogen) atoms. The fraction of sp³-hybridized carbons (Fsp3) is 0.750. The van der Waals surface area contributed by atoms with Crippen LogP contribution in [0.3, 0.4) is 0 Å². The number of alkyl halides is 1. The van der Waals surface area contributed by atoms with Crippen molar-refractivity contribution in [2.45, 2.75) is 33.9 Å². The average Bonchev–Trinajstić information content (AvgIpc) is 2.34. The van der Waals surface area contributed by atoms with Crippen molar-refractivity contribution in [1.82, 2.24) is 4.90 Å². The number of halogens is 1. The first-order valence-electron chi connectivity index (χ1n) is 4.21. The number of hydrogen-bond donors (Lipinski definition) is 0. The predicted octanol–water partition coefficient (Wildman–Crippen LogP) is -3.39. The number of carboxylic acids is 1. The summed E-state index contributed by atoms with van der Waals surface area (Å²) in [5.74, 6) is -1.23. The van der Waals surface area contributed by atoms with Crippen LogP contribution in [-0.4, -0.2) is 36.9 Å². The molecule has 2 fully saturated rings. The quantitative estimate of drug-likeness (QED) is 0.214. The van der Waals surface area contributed by atoms with Gasteiger partial charge in [-0.15, -0.1) is 11.8 Å². The molecule has 0 aromatic heterocycles. The minimum atomic E-state index is -1.15. The Morgan fingerprint density at radius 3 is 2.60 bits per heavy atom. The number of rotatable bonds is 1. The van der Waals surface area contributed by atoms with Gasteiger partial charge < -0.3 is 14.8 Å². The van der Waals surface area contributed by atoms with Gasteiger partial charge in [0.2, 0.25) is 5.91 Å². The monoisotopic (exact) mass is 349 g/mol. The number of thioether (sulfide) groups is 1. The van der Waals surface area contributed by atoms with E-state index in [1.165, 1.54) is 4.90 Å². The van der Waals surface area contributed by atoms with Gasteiger partial charge in [-0.25, -0.2) is 0 Å². The number of carboxylic acid groups (broad SMARTS) is 1. The van der Waals surface area contributed by atoms with Crippen LogP contribution in [0.1, 0.15) is 13.8 Å². The van der Waals surface area contributed by atoms with Crippen LogP contribution in [0.15, 0.2) is 0 Å². The Morgan fingerprint density at radius 2 is 2.13 bits per heavy atom. The molecule has 7 heteroatoms. The van der Waals surface area contributed by atoms with Crippen molar-refractivity contribution in [2.75, 3.05) is 0 Å². The van der Waals surface area contributed by atoms with Gasteiger partial charge in [0, 0.05) is 4.75 Å². The number of nitrogens with zero attached hydrogens (tertiary/aromatic N) is 1. The van der Waals surface area contributed by atoms with Gasteiger partial charge in [0.15, 0.2) is 0 Å². The van der Waals surface area contributed by atoms with Crippen molar-refractivity contribution in [3.05, 3.63) is 0 Å². The third kappa shape index (κ3) is 1.96. The van der Waals surface area contributed by atoms with Gasteiger partial charge in [-0.05, 0) is 13.8 Å². The molecule has 2 saturated heterocycles. The summed E-state index contributed by atoms with van der Waals surface area (Å²) in [5, 5.41) is 11.0. The molecule has 4 nitrogen and oxygen atoms in total. The fourth-order valence-corrected chi connectivity index (χ4v) is 4.59. The van der Waals surface area contributed by atoms with Crippen LogP contribution in [0.25, 0.3) is 0 Å². The smallest absolute Gasteiger partial charge is 0.548 e. The maximum absolute atomic E-state index is 11.5. The Hall–Kier alpha value is 1.02. The Kier molecular flexibility index (Phi) is 4.09. The molecule has 2 aliphatic heterocycles. The summed E-state index contributed by atoms with van der Waals surface area (Å²) in [6, 6.07) is -0.781. The molecule has 0 bridgehead atoms. The van der Waals surface area contributed by atoms with Gasteiger partial charge in [0.1, 0.15) is 3.92 Å². The Labute approximate surface area is 128 Å². The van der Waals surface area contributed by atoms with Crippen molar-refractivity contribution in [3.8, 4) is 0 Å². The number of aliphatic carboxylic acids is 1. The molecule has 0 unspecified atom stereocenters. The third-order valence-electron chi connectivity index (χ3n) is 2.60. The molecule has 2 aliphatic rings. The third-order valence-corrected chi connectivity index (χ3v) is 5.87. The van der Waals surface area contributed by atoms with Crippen molar-refractivity contribution in [3.63, 3.8) is 0 Å². The first-order valence-corrected chi connectivity index (χ1v) is 6.34. The SMILES string of the molecule is CC1(C)S[C@@H]2[C@H](I)C(=O)N2[C@H]1C(=O)[O-].[Na+]. The first kappa shape index (κ1) is 14.1. The van der Waals surface area contributed by atoms with E-state index in [9.17, 15) is 14.7 Å². The number of amides is 1. The largest absolute Gasteiger partial charge is 1.00 e. The first-order chi connectivity index (χ1) is 6.36. The summed E-state index contributed by atoms with van der Waals surface area (Å²) in [4.78, 5) is 23.8. The summed E-state index contributed by atoms with van der Waals surface area (Å²) in [6.45, 7) is 3.68. The Morgan fingerprint density at radius 1 is 1.60 bits per heavy atom. The van der Waals surface area contributed by atoms with Crippen LogP contribution < -0.4 is 34.7 Å². The Balaban J connectivity index is 0.00000112. The number of β-lactam (4-membered cyclic amide) rings is 1. The molecule has 0 aromatic rings. The van der Waals surface area contributed by atoms with Crippen molar-refractivity contribution < 1.29 is 44.3 Å². The van der Waals surface area contributed by atoms with Crippen LogP contribution in [0.4, 0.5) is 0 Å². The molecule has 0 aliphatic carbocycles. The van der Waals surface area contributed by atoms with Crippen LogP contribution >= 0.6 is 34.4 Å². The van der Waals surface area contributed by atoms with Crippen LogP contribution in [-0.2, 0) is 9.59 Å². The number of carbonyl (C=O) groups excluding carboxylic acids is 2. The molecule has 0 N–H and O–H groups in total. The second-order valence-electron chi connectivity index (χ2n) is 3.98. The molecule has 3 atom stereocenters. The summed E-state index contributed by atoms with van der Waals surface area (Å²) in [6.07, 6.45) is 0. The zero-order chi connectivity index (χ0) is 10.7. The summed E-state index contributed by atoms with van der Waals surface area (Å²) in [7, 11) is 0. The zero-order valence-electron chi connectivity index (χ0n) is 8.69. The van der Waals surface area contributed by atoms with Gasteiger partial charge >= 0.3 is 29.6 Å². The van der Waals surface area contributed by atoms with E-state index in [4.69, 9.17) is 0 Å². The molecule has 0 saturated carbocycles. The minimum Gasteiger partial charge on any atom is -0.548 e. The second-order valence-corrected chi connectivity index (χ2v) is 7.09. The molecular formula is C8H9INNaO3S. The number of hydrogen-bond acceptors (Lipinski definition) is 4. The fourth-order valence-electron chi connectivity index (χ4n) is 1.95. The zero-order valence-corrected chi connectivity index (χ0v) is 13.7. The van der Waals surface area contributed by atoms with Crippen molar-refractivity contribution in [1.29, 1.82) is 0 Å². The molecule has 0 radical (unpaired) electrons. The molecule has 1 amide bonds.